The van der Waals surface area contributed by atoms with Crippen molar-refractivity contribution in [1.82, 2.24) is 20.0 Å². The molecular formula is C25H26N4O3. The van der Waals surface area contributed by atoms with Crippen LogP contribution in [0.15, 0.2) is 54.6 Å². The molecule has 3 aromatic rings. The van der Waals surface area contributed by atoms with Crippen molar-refractivity contribution in [2.45, 2.75) is 51.5 Å². The quantitative estimate of drug-likeness (QED) is 0.665. The highest BCUT2D eigenvalue weighted by molar-refractivity contribution is 5.99. The molecule has 164 valence electrons. The molecule has 0 saturated carbocycles. The first-order valence-corrected chi connectivity index (χ1v) is 11.0. The molecule has 0 bridgehead atoms. The van der Waals surface area contributed by atoms with Gasteiger partial charge in [-0.2, -0.15) is 5.10 Å². The van der Waals surface area contributed by atoms with Crippen LogP contribution in [-0.4, -0.2) is 43.9 Å². The number of piperidine rings is 1. The van der Waals surface area contributed by atoms with E-state index in [1.54, 1.807) is 4.90 Å². The molecule has 2 N–H and O–H groups in total. The molecule has 32 heavy (non-hydrogen) atoms. The summed E-state index contributed by atoms with van der Waals surface area (Å²) in [7, 11) is 0. The van der Waals surface area contributed by atoms with Gasteiger partial charge < -0.3 is 15.3 Å². The minimum absolute atomic E-state index is 0.107. The van der Waals surface area contributed by atoms with Gasteiger partial charge in [-0.15, -0.1) is 0 Å². The zero-order valence-corrected chi connectivity index (χ0v) is 18.2. The summed E-state index contributed by atoms with van der Waals surface area (Å²) in [6.07, 6.45) is -0.273. The second-order valence-corrected chi connectivity index (χ2v) is 8.74. The van der Waals surface area contributed by atoms with Crippen LogP contribution in [-0.2, 0) is 11.3 Å². The van der Waals surface area contributed by atoms with E-state index in [0.717, 1.165) is 28.1 Å². The fraction of sp³-hybridized carbons (Fsp3) is 0.320. The van der Waals surface area contributed by atoms with Gasteiger partial charge in [0.05, 0.1) is 17.4 Å². The number of fused-ring (bicyclic) bond motifs is 1. The lowest BCUT2D eigenvalue weighted by molar-refractivity contribution is -0.129. The number of aliphatic hydroxyl groups is 1. The number of amides is 2. The Morgan fingerprint density at radius 2 is 1.84 bits per heavy atom. The summed E-state index contributed by atoms with van der Waals surface area (Å²) < 4.78 is 2.02. The summed E-state index contributed by atoms with van der Waals surface area (Å²) >= 11 is 0. The highest BCUT2D eigenvalue weighted by Gasteiger charge is 2.39. The number of benzene rings is 2. The Hall–Kier alpha value is -3.45. The first-order valence-electron chi connectivity index (χ1n) is 11.0. The zero-order valence-electron chi connectivity index (χ0n) is 18.2. The Kier molecular flexibility index (Phi) is 5.06. The molecule has 5 rings (SSSR count). The van der Waals surface area contributed by atoms with Crippen molar-refractivity contribution in [3.8, 4) is 22.5 Å². The topological polar surface area (TPSA) is 87.5 Å². The maximum atomic E-state index is 13.0. The van der Waals surface area contributed by atoms with Gasteiger partial charge in [0.15, 0.2) is 0 Å². The molecular weight excluding hydrogens is 404 g/mol. The third-order valence-electron chi connectivity index (χ3n) is 6.27. The SMILES string of the molecule is CC(C)n1nc(-c2ccc3c(c2)CN(C2CCC(=O)NC2O)C3=O)cc1-c1ccccc1. The van der Waals surface area contributed by atoms with E-state index in [1.807, 2.05) is 41.1 Å². The fourth-order valence-electron chi connectivity index (χ4n) is 4.62. The normalized spacial score (nSPS) is 20.6. The maximum absolute atomic E-state index is 13.0. The first-order chi connectivity index (χ1) is 15.4. The molecule has 3 heterocycles. The third kappa shape index (κ3) is 3.48. The summed E-state index contributed by atoms with van der Waals surface area (Å²) in [5.74, 6) is -0.292. The monoisotopic (exact) mass is 430 g/mol. The molecule has 1 fully saturated rings. The zero-order chi connectivity index (χ0) is 22.4. The minimum Gasteiger partial charge on any atom is -0.372 e. The summed E-state index contributed by atoms with van der Waals surface area (Å²) in [4.78, 5) is 26.2. The first kappa shape index (κ1) is 20.5. The van der Waals surface area contributed by atoms with Gasteiger partial charge in [0, 0.05) is 30.1 Å². The van der Waals surface area contributed by atoms with Crippen molar-refractivity contribution in [2.75, 3.05) is 0 Å². The molecule has 2 aromatic carbocycles. The Bertz CT molecular complexity index is 1190. The van der Waals surface area contributed by atoms with Crippen molar-refractivity contribution < 1.29 is 14.7 Å². The molecule has 2 aliphatic heterocycles. The van der Waals surface area contributed by atoms with Crippen molar-refractivity contribution >= 4 is 11.8 Å². The number of hydrogen-bond donors (Lipinski definition) is 2. The number of aliphatic hydroxyl groups excluding tert-OH is 1. The van der Waals surface area contributed by atoms with Crippen LogP contribution in [0.2, 0.25) is 0 Å². The van der Waals surface area contributed by atoms with Gasteiger partial charge in [-0.1, -0.05) is 36.4 Å². The van der Waals surface area contributed by atoms with E-state index in [0.29, 0.717) is 24.9 Å². The number of carbonyl (C=O) groups is 2. The minimum atomic E-state index is -1.04. The van der Waals surface area contributed by atoms with E-state index in [9.17, 15) is 14.7 Å². The predicted molar refractivity (Wildman–Crippen MR) is 121 cm³/mol. The van der Waals surface area contributed by atoms with Crippen LogP contribution in [0.3, 0.4) is 0 Å². The van der Waals surface area contributed by atoms with Crippen LogP contribution < -0.4 is 5.32 Å². The molecule has 1 aromatic heterocycles. The van der Waals surface area contributed by atoms with E-state index < -0.39 is 12.3 Å². The number of carbonyl (C=O) groups excluding carboxylic acids is 2. The number of nitrogens with zero attached hydrogens (tertiary/aromatic N) is 3. The Morgan fingerprint density at radius 3 is 2.56 bits per heavy atom. The van der Waals surface area contributed by atoms with E-state index in [1.165, 1.54) is 0 Å². The predicted octanol–water partition coefficient (Wildman–Crippen LogP) is 3.35. The molecule has 2 aliphatic rings. The summed E-state index contributed by atoms with van der Waals surface area (Å²) in [5.41, 5.74) is 5.52. The molecule has 7 nitrogen and oxygen atoms in total. The lowest BCUT2D eigenvalue weighted by Crippen LogP contribution is -2.55. The fourth-order valence-corrected chi connectivity index (χ4v) is 4.62. The summed E-state index contributed by atoms with van der Waals surface area (Å²) in [5, 5.41) is 17.7. The molecule has 0 spiro atoms. The van der Waals surface area contributed by atoms with Crippen LogP contribution in [0.1, 0.15) is 48.7 Å². The van der Waals surface area contributed by atoms with Gasteiger partial charge in [0.1, 0.15) is 6.23 Å². The Balaban J connectivity index is 1.46. The number of rotatable bonds is 4. The second-order valence-electron chi connectivity index (χ2n) is 8.74. The second kappa shape index (κ2) is 7.91. The van der Waals surface area contributed by atoms with E-state index in [2.05, 4.69) is 37.4 Å². The molecule has 0 aliphatic carbocycles. The van der Waals surface area contributed by atoms with Gasteiger partial charge in [-0.05, 0) is 49.6 Å². The van der Waals surface area contributed by atoms with Crippen LogP contribution in [0.5, 0.6) is 0 Å². The summed E-state index contributed by atoms with van der Waals surface area (Å²) in [6.45, 7) is 4.63. The largest absolute Gasteiger partial charge is 0.372 e. The van der Waals surface area contributed by atoms with E-state index >= 15 is 0 Å². The van der Waals surface area contributed by atoms with Crippen LogP contribution in [0.25, 0.3) is 22.5 Å². The lowest BCUT2D eigenvalue weighted by atomic mass is 10.0. The molecule has 2 unspecified atom stereocenters. The molecule has 2 amide bonds. The Morgan fingerprint density at radius 1 is 1.06 bits per heavy atom. The Labute approximate surface area is 186 Å². The van der Waals surface area contributed by atoms with E-state index in [4.69, 9.17) is 5.10 Å². The molecule has 1 saturated heterocycles. The van der Waals surface area contributed by atoms with E-state index in [-0.39, 0.29) is 17.9 Å². The van der Waals surface area contributed by atoms with Crippen molar-refractivity contribution in [2.24, 2.45) is 0 Å². The summed E-state index contributed by atoms with van der Waals surface area (Å²) in [6, 6.07) is 17.9. The third-order valence-corrected chi connectivity index (χ3v) is 6.27. The average molecular weight is 431 g/mol. The van der Waals surface area contributed by atoms with Crippen molar-refractivity contribution in [1.29, 1.82) is 0 Å². The van der Waals surface area contributed by atoms with Crippen molar-refractivity contribution in [3.05, 3.63) is 65.7 Å². The van der Waals surface area contributed by atoms with Crippen molar-refractivity contribution in [3.63, 3.8) is 0 Å². The van der Waals surface area contributed by atoms with Crippen LogP contribution in [0.4, 0.5) is 0 Å². The molecule has 2 atom stereocenters. The van der Waals surface area contributed by atoms with Gasteiger partial charge in [0.25, 0.3) is 5.91 Å². The van der Waals surface area contributed by atoms with Crippen LogP contribution >= 0.6 is 0 Å². The molecule has 7 heteroatoms. The van der Waals surface area contributed by atoms with Gasteiger partial charge in [-0.25, -0.2) is 0 Å². The lowest BCUT2D eigenvalue weighted by Gasteiger charge is -2.35. The average Bonchev–Trinajstić information content (AvgIpc) is 3.37. The standard InChI is InChI=1S/C25H26N4O3/c1-15(2)29-22(16-6-4-3-5-7-16)13-20(27-29)17-8-9-19-18(12-17)14-28(25(19)32)21-10-11-23(30)26-24(21)31/h3-9,12-13,15,21,24,31H,10-11,14H2,1-2H3,(H,26,30). The van der Waals surface area contributed by atoms with Crippen LogP contribution in [0, 0.1) is 0 Å². The molecule has 0 radical (unpaired) electrons. The number of hydrogen-bond acceptors (Lipinski definition) is 4. The highest BCUT2D eigenvalue weighted by Crippen LogP contribution is 2.33. The van der Waals surface area contributed by atoms with Gasteiger partial charge in [0.2, 0.25) is 5.91 Å². The number of nitrogens with one attached hydrogen (secondary N) is 1. The highest BCUT2D eigenvalue weighted by atomic mass is 16.3. The van der Waals surface area contributed by atoms with Gasteiger partial charge in [-0.3, -0.25) is 14.3 Å². The smallest absolute Gasteiger partial charge is 0.254 e. The number of aromatic nitrogens is 2. The van der Waals surface area contributed by atoms with Gasteiger partial charge >= 0.3 is 0 Å². The maximum Gasteiger partial charge on any atom is 0.254 e.